The van der Waals surface area contributed by atoms with Crippen molar-refractivity contribution in [3.05, 3.63) is 48.2 Å². The van der Waals surface area contributed by atoms with Gasteiger partial charge in [0.2, 0.25) is 11.8 Å². The van der Waals surface area contributed by atoms with Gasteiger partial charge in [0, 0.05) is 19.6 Å². The van der Waals surface area contributed by atoms with Gasteiger partial charge in [-0.1, -0.05) is 12.1 Å². The molecule has 28 heavy (non-hydrogen) atoms. The second kappa shape index (κ2) is 10.7. The normalized spacial score (nSPS) is 14.0. The zero-order valence-corrected chi connectivity index (χ0v) is 16.4. The number of pyridine rings is 1. The number of nitrogens with one attached hydrogen (secondary N) is 1. The van der Waals surface area contributed by atoms with Gasteiger partial charge < -0.3 is 19.5 Å². The molecule has 0 bridgehead atoms. The first-order valence-electron chi connectivity index (χ1n) is 9.86. The van der Waals surface area contributed by atoms with E-state index in [9.17, 15) is 4.79 Å². The molecule has 0 spiro atoms. The summed E-state index contributed by atoms with van der Waals surface area (Å²) in [4.78, 5) is 16.4. The molecule has 1 fully saturated rings. The molecule has 0 aliphatic heterocycles. The largest absolute Gasteiger partial charge is 0.490 e. The summed E-state index contributed by atoms with van der Waals surface area (Å²) >= 11 is 0. The van der Waals surface area contributed by atoms with Crippen LogP contribution in [-0.4, -0.2) is 37.3 Å². The Labute approximate surface area is 166 Å². The molecule has 6 nitrogen and oxygen atoms in total. The summed E-state index contributed by atoms with van der Waals surface area (Å²) in [7, 11) is 1.62. The first-order valence-corrected chi connectivity index (χ1v) is 9.86. The molecular formula is C22H28N2O4. The highest BCUT2D eigenvalue weighted by Gasteiger charge is 2.16. The smallest absolute Gasteiger partial charge is 0.224 e. The van der Waals surface area contributed by atoms with Gasteiger partial charge in [0.1, 0.15) is 12.4 Å². The summed E-state index contributed by atoms with van der Waals surface area (Å²) in [5.41, 5.74) is 1.76. The minimum atomic E-state index is -0.0445. The number of ether oxygens (including phenoxy) is 3. The Morgan fingerprint density at radius 1 is 1.18 bits per heavy atom. The van der Waals surface area contributed by atoms with Crippen LogP contribution in [0.25, 0.3) is 0 Å². The highest BCUT2D eigenvalue weighted by Crippen LogP contribution is 2.25. The lowest BCUT2D eigenvalue weighted by molar-refractivity contribution is -0.116. The maximum Gasteiger partial charge on any atom is 0.224 e. The molecule has 2 aromatic rings. The first-order chi connectivity index (χ1) is 13.7. The quantitative estimate of drug-likeness (QED) is 0.627. The second-order valence-electron chi connectivity index (χ2n) is 6.95. The average Bonchev–Trinajstić information content (AvgIpc) is 3.21. The zero-order valence-electron chi connectivity index (χ0n) is 16.4. The summed E-state index contributed by atoms with van der Waals surface area (Å²) < 4.78 is 16.4. The highest BCUT2D eigenvalue weighted by atomic mass is 16.5. The molecule has 1 aliphatic carbocycles. The predicted octanol–water partition coefficient (Wildman–Crippen LogP) is 4.00. The Balaban J connectivity index is 1.43. The SMILES string of the molecule is COCCOc1ccc(NC(=O)CCc2cccc(OC3CCCC3)c2)cn1. The van der Waals surface area contributed by atoms with Gasteiger partial charge in [0.25, 0.3) is 0 Å². The fraction of sp³-hybridized carbons (Fsp3) is 0.455. The van der Waals surface area contributed by atoms with Crippen LogP contribution in [0.4, 0.5) is 5.69 Å². The minimum Gasteiger partial charge on any atom is -0.490 e. The van der Waals surface area contributed by atoms with Crippen molar-refractivity contribution in [1.29, 1.82) is 0 Å². The molecule has 1 heterocycles. The van der Waals surface area contributed by atoms with Crippen molar-refractivity contribution in [3.63, 3.8) is 0 Å². The molecule has 1 aliphatic rings. The Hall–Kier alpha value is -2.60. The van der Waals surface area contributed by atoms with Crippen LogP contribution < -0.4 is 14.8 Å². The predicted molar refractivity (Wildman–Crippen MR) is 108 cm³/mol. The van der Waals surface area contributed by atoms with E-state index in [2.05, 4.69) is 10.3 Å². The van der Waals surface area contributed by atoms with Crippen molar-refractivity contribution in [2.45, 2.75) is 44.6 Å². The van der Waals surface area contributed by atoms with Gasteiger partial charge in [-0.3, -0.25) is 4.79 Å². The van der Waals surface area contributed by atoms with Crippen molar-refractivity contribution >= 4 is 11.6 Å². The lowest BCUT2D eigenvalue weighted by atomic mass is 10.1. The molecular weight excluding hydrogens is 356 g/mol. The topological polar surface area (TPSA) is 69.7 Å². The number of aromatic nitrogens is 1. The van der Waals surface area contributed by atoms with E-state index in [0.717, 1.165) is 24.2 Å². The van der Waals surface area contributed by atoms with Gasteiger partial charge in [0.05, 0.1) is 24.6 Å². The van der Waals surface area contributed by atoms with E-state index in [1.165, 1.54) is 12.8 Å². The number of nitrogens with zero attached hydrogens (tertiary/aromatic N) is 1. The van der Waals surface area contributed by atoms with Crippen molar-refractivity contribution in [2.75, 3.05) is 25.6 Å². The monoisotopic (exact) mass is 384 g/mol. The van der Waals surface area contributed by atoms with Crippen molar-refractivity contribution in [2.24, 2.45) is 0 Å². The molecule has 0 atom stereocenters. The summed E-state index contributed by atoms with van der Waals surface area (Å²) in [5.74, 6) is 1.36. The third kappa shape index (κ3) is 6.53. The Kier molecular flexibility index (Phi) is 7.67. The van der Waals surface area contributed by atoms with E-state index in [4.69, 9.17) is 14.2 Å². The van der Waals surface area contributed by atoms with Crippen molar-refractivity contribution in [3.8, 4) is 11.6 Å². The summed E-state index contributed by atoms with van der Waals surface area (Å²) in [6, 6.07) is 11.6. The Bertz CT molecular complexity index is 742. The molecule has 1 saturated carbocycles. The maximum absolute atomic E-state index is 12.2. The molecule has 150 valence electrons. The summed E-state index contributed by atoms with van der Waals surface area (Å²) in [5, 5.41) is 2.87. The molecule has 0 saturated heterocycles. The van der Waals surface area contributed by atoms with E-state index < -0.39 is 0 Å². The Morgan fingerprint density at radius 3 is 2.79 bits per heavy atom. The van der Waals surface area contributed by atoms with Crippen molar-refractivity contribution in [1.82, 2.24) is 4.98 Å². The molecule has 1 amide bonds. The first kappa shape index (κ1) is 20.1. The van der Waals surface area contributed by atoms with Crippen LogP contribution in [0.5, 0.6) is 11.6 Å². The number of anilines is 1. The molecule has 1 aromatic carbocycles. The van der Waals surface area contributed by atoms with Gasteiger partial charge in [-0.2, -0.15) is 0 Å². The standard InChI is InChI=1S/C22H28N2O4/c1-26-13-14-27-22-12-10-18(16-23-22)24-21(25)11-9-17-5-4-8-20(15-17)28-19-6-2-3-7-19/h4-5,8,10,12,15-16,19H,2-3,6-7,9,11,13-14H2,1H3,(H,24,25). The fourth-order valence-corrected chi connectivity index (χ4v) is 3.22. The van der Waals surface area contributed by atoms with Crippen LogP contribution in [0, 0.1) is 0 Å². The molecule has 1 N–H and O–H groups in total. The molecule has 1 aromatic heterocycles. The highest BCUT2D eigenvalue weighted by molar-refractivity contribution is 5.90. The lowest BCUT2D eigenvalue weighted by Gasteiger charge is -2.13. The third-order valence-corrected chi connectivity index (χ3v) is 4.70. The number of methoxy groups -OCH3 is 1. The lowest BCUT2D eigenvalue weighted by Crippen LogP contribution is -2.13. The van der Waals surface area contributed by atoms with Crippen LogP contribution in [0.1, 0.15) is 37.7 Å². The van der Waals surface area contributed by atoms with E-state index in [1.807, 2.05) is 24.3 Å². The minimum absolute atomic E-state index is 0.0445. The Morgan fingerprint density at radius 2 is 2.04 bits per heavy atom. The molecule has 6 heteroatoms. The number of carbonyl (C=O) groups excluding carboxylic acids is 1. The number of rotatable bonds is 10. The van der Waals surface area contributed by atoms with Gasteiger partial charge in [0.15, 0.2) is 0 Å². The van der Waals surface area contributed by atoms with Crippen LogP contribution >= 0.6 is 0 Å². The number of amides is 1. The van der Waals surface area contributed by atoms with E-state index >= 15 is 0 Å². The third-order valence-electron chi connectivity index (χ3n) is 4.70. The van der Waals surface area contributed by atoms with Crippen molar-refractivity contribution < 1.29 is 19.0 Å². The molecule has 0 unspecified atom stereocenters. The zero-order chi connectivity index (χ0) is 19.6. The van der Waals surface area contributed by atoms with Gasteiger partial charge in [-0.05, 0) is 55.9 Å². The number of benzene rings is 1. The number of carbonyl (C=O) groups is 1. The second-order valence-corrected chi connectivity index (χ2v) is 6.95. The number of hydrogen-bond acceptors (Lipinski definition) is 5. The molecule has 0 radical (unpaired) electrons. The average molecular weight is 384 g/mol. The van der Waals surface area contributed by atoms with Crippen LogP contribution in [0.2, 0.25) is 0 Å². The van der Waals surface area contributed by atoms with Crippen LogP contribution in [-0.2, 0) is 16.0 Å². The van der Waals surface area contributed by atoms with E-state index in [1.54, 1.807) is 25.4 Å². The van der Waals surface area contributed by atoms with Gasteiger partial charge in [-0.25, -0.2) is 4.98 Å². The fourth-order valence-electron chi connectivity index (χ4n) is 3.22. The maximum atomic E-state index is 12.2. The van der Waals surface area contributed by atoms with Gasteiger partial charge in [-0.15, -0.1) is 0 Å². The number of hydrogen-bond donors (Lipinski definition) is 1. The summed E-state index contributed by atoms with van der Waals surface area (Å²) in [6.45, 7) is 0.950. The number of aryl methyl sites for hydroxylation is 1. The van der Waals surface area contributed by atoms with E-state index in [-0.39, 0.29) is 5.91 Å². The van der Waals surface area contributed by atoms with Crippen LogP contribution in [0.3, 0.4) is 0 Å². The van der Waals surface area contributed by atoms with Crippen LogP contribution in [0.15, 0.2) is 42.6 Å². The van der Waals surface area contributed by atoms with Gasteiger partial charge >= 0.3 is 0 Å². The van der Waals surface area contributed by atoms with E-state index in [0.29, 0.717) is 43.7 Å². The summed E-state index contributed by atoms with van der Waals surface area (Å²) in [6.07, 6.45) is 7.77. The molecule has 3 rings (SSSR count).